The van der Waals surface area contributed by atoms with Crippen molar-refractivity contribution in [3.8, 4) is 0 Å². The van der Waals surface area contributed by atoms with Crippen molar-refractivity contribution in [2.75, 3.05) is 11.9 Å². The SMILES string of the molecule is C=CCC(CC=C)(CC=C)CNc1nc(C)nc(C)n1. The second kappa shape index (κ2) is 7.58. The van der Waals surface area contributed by atoms with Crippen LogP contribution < -0.4 is 5.32 Å². The molecule has 0 aliphatic carbocycles. The van der Waals surface area contributed by atoms with E-state index in [0.717, 1.165) is 37.5 Å². The first-order valence-electron chi connectivity index (χ1n) is 6.81. The lowest BCUT2D eigenvalue weighted by atomic mass is 9.78. The first kappa shape index (κ1) is 16.1. The summed E-state index contributed by atoms with van der Waals surface area (Å²) in [4.78, 5) is 12.8. The molecule has 1 aromatic rings. The molecule has 0 aromatic carbocycles. The van der Waals surface area contributed by atoms with Crippen molar-refractivity contribution in [1.82, 2.24) is 15.0 Å². The molecule has 4 heteroatoms. The molecule has 0 unspecified atom stereocenters. The molecule has 4 nitrogen and oxygen atoms in total. The van der Waals surface area contributed by atoms with Crippen LogP contribution in [0.15, 0.2) is 38.0 Å². The van der Waals surface area contributed by atoms with E-state index in [-0.39, 0.29) is 5.41 Å². The highest BCUT2D eigenvalue weighted by Gasteiger charge is 2.26. The summed E-state index contributed by atoms with van der Waals surface area (Å²) in [5.41, 5.74) is 0.0275. The molecule has 1 rings (SSSR count). The number of aryl methyl sites for hydroxylation is 2. The Morgan fingerprint density at radius 2 is 1.35 bits per heavy atom. The molecule has 0 saturated heterocycles. The van der Waals surface area contributed by atoms with Gasteiger partial charge in [-0.05, 0) is 38.5 Å². The number of hydrogen-bond acceptors (Lipinski definition) is 4. The summed E-state index contributed by atoms with van der Waals surface area (Å²) in [5.74, 6) is 2.07. The zero-order valence-corrected chi connectivity index (χ0v) is 12.5. The van der Waals surface area contributed by atoms with Crippen LogP contribution in [0.3, 0.4) is 0 Å². The van der Waals surface area contributed by atoms with E-state index >= 15 is 0 Å². The molecule has 0 aliphatic heterocycles. The Balaban J connectivity index is 2.85. The zero-order chi connectivity index (χ0) is 15.0. The average molecular weight is 272 g/mol. The monoisotopic (exact) mass is 272 g/mol. The summed E-state index contributed by atoms with van der Waals surface area (Å²) < 4.78 is 0. The van der Waals surface area contributed by atoms with Crippen molar-refractivity contribution >= 4 is 5.95 Å². The molecule has 1 heterocycles. The third kappa shape index (κ3) is 4.61. The van der Waals surface area contributed by atoms with E-state index in [1.165, 1.54) is 0 Å². The lowest BCUT2D eigenvalue weighted by Crippen LogP contribution is -2.29. The van der Waals surface area contributed by atoms with E-state index in [0.29, 0.717) is 5.95 Å². The third-order valence-corrected chi connectivity index (χ3v) is 3.21. The van der Waals surface area contributed by atoms with Crippen LogP contribution in [0.5, 0.6) is 0 Å². The van der Waals surface area contributed by atoms with Crippen LogP contribution in [0.2, 0.25) is 0 Å². The number of hydrogen-bond donors (Lipinski definition) is 1. The molecular weight excluding hydrogens is 248 g/mol. The molecule has 0 aliphatic rings. The molecule has 0 fully saturated rings. The van der Waals surface area contributed by atoms with Gasteiger partial charge in [-0.2, -0.15) is 9.97 Å². The maximum absolute atomic E-state index is 4.31. The topological polar surface area (TPSA) is 50.7 Å². The molecular formula is C16H24N4. The molecule has 1 N–H and O–H groups in total. The van der Waals surface area contributed by atoms with Crippen molar-refractivity contribution in [3.63, 3.8) is 0 Å². The Bertz CT molecular complexity index is 433. The predicted octanol–water partition coefficient (Wildman–Crippen LogP) is 3.62. The Hall–Kier alpha value is -1.97. The lowest BCUT2D eigenvalue weighted by molar-refractivity contribution is 0.319. The minimum absolute atomic E-state index is 0.0275. The van der Waals surface area contributed by atoms with Crippen LogP contribution in [0, 0.1) is 19.3 Å². The van der Waals surface area contributed by atoms with Gasteiger partial charge in [0.1, 0.15) is 11.6 Å². The van der Waals surface area contributed by atoms with Gasteiger partial charge in [0, 0.05) is 6.54 Å². The summed E-state index contributed by atoms with van der Waals surface area (Å²) in [6.07, 6.45) is 8.50. The molecule has 0 bridgehead atoms. The summed E-state index contributed by atoms with van der Waals surface area (Å²) >= 11 is 0. The fourth-order valence-corrected chi connectivity index (χ4v) is 2.35. The van der Waals surface area contributed by atoms with E-state index in [2.05, 4.69) is 40.0 Å². The van der Waals surface area contributed by atoms with Gasteiger partial charge in [0.25, 0.3) is 0 Å². The highest BCUT2D eigenvalue weighted by molar-refractivity contribution is 5.25. The minimum atomic E-state index is 0.0275. The normalized spacial score (nSPS) is 10.9. The number of rotatable bonds is 9. The number of aromatic nitrogens is 3. The summed E-state index contributed by atoms with van der Waals surface area (Å²) in [5, 5.41) is 3.32. The van der Waals surface area contributed by atoms with Crippen molar-refractivity contribution in [2.24, 2.45) is 5.41 Å². The van der Waals surface area contributed by atoms with Gasteiger partial charge in [0.05, 0.1) is 0 Å². The molecule has 0 amide bonds. The van der Waals surface area contributed by atoms with Gasteiger partial charge in [-0.3, -0.25) is 0 Å². The van der Waals surface area contributed by atoms with E-state index in [4.69, 9.17) is 0 Å². The quantitative estimate of drug-likeness (QED) is 0.698. The first-order chi connectivity index (χ1) is 9.55. The van der Waals surface area contributed by atoms with Crippen LogP contribution in [0.4, 0.5) is 5.95 Å². The highest BCUT2D eigenvalue weighted by Crippen LogP contribution is 2.32. The molecule has 108 valence electrons. The van der Waals surface area contributed by atoms with Gasteiger partial charge < -0.3 is 5.32 Å². The summed E-state index contributed by atoms with van der Waals surface area (Å²) in [6, 6.07) is 0. The molecule has 0 saturated carbocycles. The first-order valence-corrected chi connectivity index (χ1v) is 6.81. The number of anilines is 1. The Morgan fingerprint density at radius 1 is 0.900 bits per heavy atom. The van der Waals surface area contributed by atoms with E-state index in [1.807, 2.05) is 32.1 Å². The van der Waals surface area contributed by atoms with Gasteiger partial charge in [0.15, 0.2) is 0 Å². The van der Waals surface area contributed by atoms with E-state index in [9.17, 15) is 0 Å². The van der Waals surface area contributed by atoms with Crippen molar-refractivity contribution < 1.29 is 0 Å². The van der Waals surface area contributed by atoms with Gasteiger partial charge in [0.2, 0.25) is 5.95 Å². The fourth-order valence-electron chi connectivity index (χ4n) is 2.35. The van der Waals surface area contributed by atoms with Gasteiger partial charge in [-0.1, -0.05) is 18.2 Å². The Morgan fingerprint density at radius 3 is 1.75 bits per heavy atom. The van der Waals surface area contributed by atoms with Crippen LogP contribution in [0.1, 0.15) is 30.9 Å². The van der Waals surface area contributed by atoms with Crippen LogP contribution in [-0.4, -0.2) is 21.5 Å². The van der Waals surface area contributed by atoms with Gasteiger partial charge in [-0.25, -0.2) is 4.98 Å². The smallest absolute Gasteiger partial charge is 0.226 e. The second-order valence-electron chi connectivity index (χ2n) is 5.09. The number of nitrogens with one attached hydrogen (secondary N) is 1. The second-order valence-corrected chi connectivity index (χ2v) is 5.09. The fraction of sp³-hybridized carbons (Fsp3) is 0.438. The molecule has 20 heavy (non-hydrogen) atoms. The van der Waals surface area contributed by atoms with Crippen LogP contribution >= 0.6 is 0 Å². The summed E-state index contributed by atoms with van der Waals surface area (Å²) in [7, 11) is 0. The average Bonchev–Trinajstić information content (AvgIpc) is 2.36. The van der Waals surface area contributed by atoms with Crippen LogP contribution in [0.25, 0.3) is 0 Å². The third-order valence-electron chi connectivity index (χ3n) is 3.21. The van der Waals surface area contributed by atoms with E-state index < -0.39 is 0 Å². The minimum Gasteiger partial charge on any atom is -0.354 e. The molecule has 1 aromatic heterocycles. The van der Waals surface area contributed by atoms with Crippen molar-refractivity contribution in [3.05, 3.63) is 49.6 Å². The molecule has 0 radical (unpaired) electrons. The molecule has 0 atom stereocenters. The summed E-state index contributed by atoms with van der Waals surface area (Å²) in [6.45, 7) is 16.0. The van der Waals surface area contributed by atoms with Gasteiger partial charge >= 0.3 is 0 Å². The predicted molar refractivity (Wildman–Crippen MR) is 84.7 cm³/mol. The Labute approximate surface area is 121 Å². The van der Waals surface area contributed by atoms with Gasteiger partial charge in [-0.15, -0.1) is 19.7 Å². The number of allylic oxidation sites excluding steroid dienone is 3. The Kier molecular flexibility index (Phi) is 6.10. The van der Waals surface area contributed by atoms with Crippen molar-refractivity contribution in [1.29, 1.82) is 0 Å². The number of nitrogens with zero attached hydrogens (tertiary/aromatic N) is 3. The standard InChI is InChI=1S/C16H24N4/c1-6-9-16(10-7-2,11-8-3)12-17-15-19-13(4)18-14(5)20-15/h6-8H,1-3,9-12H2,4-5H3,(H,17,18,19,20). The van der Waals surface area contributed by atoms with Crippen LogP contribution in [-0.2, 0) is 0 Å². The van der Waals surface area contributed by atoms with E-state index in [1.54, 1.807) is 0 Å². The molecule has 0 spiro atoms. The highest BCUT2D eigenvalue weighted by atomic mass is 15.2. The maximum atomic E-state index is 4.31. The lowest BCUT2D eigenvalue weighted by Gasteiger charge is -2.31. The zero-order valence-electron chi connectivity index (χ0n) is 12.5. The van der Waals surface area contributed by atoms with Crippen molar-refractivity contribution in [2.45, 2.75) is 33.1 Å². The largest absolute Gasteiger partial charge is 0.354 e. The maximum Gasteiger partial charge on any atom is 0.226 e.